The van der Waals surface area contributed by atoms with Crippen molar-refractivity contribution < 1.29 is 24.2 Å². The molecule has 0 unspecified atom stereocenters. The van der Waals surface area contributed by atoms with Gasteiger partial charge in [0.25, 0.3) is 11.7 Å². The Hall–Kier alpha value is -3.35. The summed E-state index contributed by atoms with van der Waals surface area (Å²) in [6, 6.07) is 9.44. The molecule has 3 N–H and O–H groups in total. The van der Waals surface area contributed by atoms with E-state index in [2.05, 4.69) is 4.57 Å². The Morgan fingerprint density at radius 2 is 1.87 bits per heavy atom. The molecule has 1 heterocycles. The first-order valence-electron chi connectivity index (χ1n) is 10.6. The number of Topliss-reactive ketones (excluding diaryl/α,β-unsaturated/α-hetero) is 1. The Labute approximate surface area is 179 Å². The highest BCUT2D eigenvalue weighted by Crippen LogP contribution is 2.41. The van der Waals surface area contributed by atoms with Gasteiger partial charge in [-0.25, -0.2) is 4.79 Å². The SMILES string of the molecule is Cc1c(C(=O)C(N)=O)c2c(OCC(=O)O)c3ccccc3cc2n1CC1CCCCC1. The maximum absolute atomic E-state index is 12.9. The molecule has 1 aromatic heterocycles. The topological polar surface area (TPSA) is 112 Å². The predicted octanol–water partition coefficient (Wildman–Crippen LogP) is 3.81. The molecule has 7 heteroatoms. The molecule has 0 atom stereocenters. The van der Waals surface area contributed by atoms with Crippen LogP contribution in [0.2, 0.25) is 0 Å². The monoisotopic (exact) mass is 422 g/mol. The van der Waals surface area contributed by atoms with Crippen LogP contribution in [0.5, 0.6) is 5.75 Å². The second kappa shape index (κ2) is 8.41. The zero-order valence-corrected chi connectivity index (χ0v) is 17.5. The second-order valence-electron chi connectivity index (χ2n) is 8.27. The fourth-order valence-electron chi connectivity index (χ4n) is 4.80. The van der Waals surface area contributed by atoms with Gasteiger partial charge in [-0.15, -0.1) is 0 Å². The van der Waals surface area contributed by atoms with Gasteiger partial charge >= 0.3 is 5.97 Å². The Morgan fingerprint density at radius 1 is 1.16 bits per heavy atom. The van der Waals surface area contributed by atoms with Gasteiger partial charge in [0.05, 0.1) is 16.5 Å². The summed E-state index contributed by atoms with van der Waals surface area (Å²) in [5, 5.41) is 11.2. The molecule has 4 rings (SSSR count). The summed E-state index contributed by atoms with van der Waals surface area (Å²) in [6.45, 7) is 1.98. The van der Waals surface area contributed by atoms with Gasteiger partial charge in [0, 0.05) is 17.6 Å². The van der Waals surface area contributed by atoms with Crippen molar-refractivity contribution in [3.8, 4) is 5.75 Å². The molecule has 1 aliphatic rings. The van der Waals surface area contributed by atoms with Gasteiger partial charge in [-0.2, -0.15) is 0 Å². The van der Waals surface area contributed by atoms with E-state index in [9.17, 15) is 19.5 Å². The fourth-order valence-corrected chi connectivity index (χ4v) is 4.80. The number of nitrogens with zero attached hydrogens (tertiary/aromatic N) is 1. The van der Waals surface area contributed by atoms with Gasteiger partial charge in [0.15, 0.2) is 6.61 Å². The number of benzene rings is 2. The van der Waals surface area contributed by atoms with E-state index in [1.54, 1.807) is 0 Å². The quantitative estimate of drug-likeness (QED) is 0.444. The number of ether oxygens (including phenoxy) is 1. The first-order chi connectivity index (χ1) is 14.9. The third-order valence-electron chi connectivity index (χ3n) is 6.24. The first-order valence-corrected chi connectivity index (χ1v) is 10.6. The van der Waals surface area contributed by atoms with Crippen LogP contribution in [-0.2, 0) is 16.1 Å². The van der Waals surface area contributed by atoms with Crippen molar-refractivity contribution >= 4 is 39.3 Å². The summed E-state index contributed by atoms with van der Waals surface area (Å²) >= 11 is 0. The molecule has 1 saturated carbocycles. The molecule has 31 heavy (non-hydrogen) atoms. The lowest BCUT2D eigenvalue weighted by atomic mass is 9.89. The van der Waals surface area contributed by atoms with Crippen LogP contribution in [0.3, 0.4) is 0 Å². The molecule has 1 aliphatic carbocycles. The van der Waals surface area contributed by atoms with Gasteiger partial charge in [-0.3, -0.25) is 9.59 Å². The maximum atomic E-state index is 12.9. The summed E-state index contributed by atoms with van der Waals surface area (Å²) in [5.41, 5.74) is 6.98. The minimum atomic E-state index is -1.12. The average molecular weight is 422 g/mol. The molecule has 7 nitrogen and oxygen atoms in total. The number of amides is 1. The van der Waals surface area contributed by atoms with E-state index in [0.29, 0.717) is 28.1 Å². The highest BCUT2D eigenvalue weighted by Gasteiger charge is 2.28. The zero-order valence-electron chi connectivity index (χ0n) is 17.5. The van der Waals surface area contributed by atoms with Gasteiger partial charge in [-0.05, 0) is 37.1 Å². The lowest BCUT2D eigenvalue weighted by molar-refractivity contribution is -0.139. The van der Waals surface area contributed by atoms with E-state index in [0.717, 1.165) is 30.3 Å². The van der Waals surface area contributed by atoms with E-state index >= 15 is 0 Å². The van der Waals surface area contributed by atoms with Gasteiger partial charge < -0.3 is 20.1 Å². The van der Waals surface area contributed by atoms with Crippen LogP contribution in [0, 0.1) is 12.8 Å². The number of aromatic nitrogens is 1. The third kappa shape index (κ3) is 3.87. The average Bonchev–Trinajstić information content (AvgIpc) is 3.02. The molecule has 0 bridgehead atoms. The predicted molar refractivity (Wildman–Crippen MR) is 117 cm³/mol. The highest BCUT2D eigenvalue weighted by atomic mass is 16.5. The van der Waals surface area contributed by atoms with Crippen molar-refractivity contribution in [2.45, 2.75) is 45.6 Å². The number of fused-ring (bicyclic) bond motifs is 2. The van der Waals surface area contributed by atoms with Crippen LogP contribution < -0.4 is 10.5 Å². The molecule has 1 amide bonds. The number of hydrogen-bond donors (Lipinski definition) is 2. The van der Waals surface area contributed by atoms with Gasteiger partial charge in [0.2, 0.25) is 0 Å². The van der Waals surface area contributed by atoms with E-state index in [1.807, 2.05) is 37.3 Å². The molecule has 162 valence electrons. The van der Waals surface area contributed by atoms with Crippen LogP contribution >= 0.6 is 0 Å². The molecular weight excluding hydrogens is 396 g/mol. The van der Waals surface area contributed by atoms with Crippen molar-refractivity contribution in [2.24, 2.45) is 11.7 Å². The number of carbonyl (C=O) groups is 3. The number of hydrogen-bond acceptors (Lipinski definition) is 4. The number of carboxylic acids is 1. The Kier molecular flexibility index (Phi) is 5.67. The summed E-state index contributed by atoms with van der Waals surface area (Å²) < 4.78 is 7.78. The second-order valence-corrected chi connectivity index (χ2v) is 8.27. The number of primary amides is 1. The van der Waals surface area contributed by atoms with E-state index in [-0.39, 0.29) is 5.56 Å². The van der Waals surface area contributed by atoms with Crippen molar-refractivity contribution in [2.75, 3.05) is 6.61 Å². The van der Waals surface area contributed by atoms with Crippen LogP contribution in [-0.4, -0.2) is 33.9 Å². The minimum Gasteiger partial charge on any atom is -0.481 e. The Balaban J connectivity index is 2.01. The first kappa shape index (κ1) is 20.9. The van der Waals surface area contributed by atoms with Crippen molar-refractivity contribution in [3.63, 3.8) is 0 Å². The molecular formula is C24H26N2O5. The molecule has 0 radical (unpaired) electrons. The zero-order chi connectivity index (χ0) is 22.1. The Morgan fingerprint density at radius 3 is 2.55 bits per heavy atom. The molecule has 3 aromatic rings. The number of carboxylic acid groups (broad SMARTS) is 1. The highest BCUT2D eigenvalue weighted by molar-refractivity contribution is 6.45. The largest absolute Gasteiger partial charge is 0.481 e. The van der Waals surface area contributed by atoms with E-state index < -0.39 is 24.3 Å². The Bertz CT molecular complexity index is 1190. The lowest BCUT2D eigenvalue weighted by Gasteiger charge is -2.23. The van der Waals surface area contributed by atoms with Crippen molar-refractivity contribution in [1.29, 1.82) is 0 Å². The van der Waals surface area contributed by atoms with Crippen LogP contribution in [0.1, 0.15) is 48.2 Å². The van der Waals surface area contributed by atoms with Crippen LogP contribution in [0.4, 0.5) is 0 Å². The molecule has 0 saturated heterocycles. The molecule has 1 fully saturated rings. The number of carbonyl (C=O) groups excluding carboxylic acids is 2. The normalized spacial score (nSPS) is 14.7. The number of ketones is 1. The molecule has 0 spiro atoms. The summed E-state index contributed by atoms with van der Waals surface area (Å²) in [5.74, 6) is -2.18. The molecule has 0 aliphatic heterocycles. The standard InChI is InChI=1S/C24H26N2O5/c1-14-20(22(29)24(25)30)21-18(26(14)12-15-7-3-2-4-8-15)11-16-9-5-6-10-17(16)23(21)31-13-19(27)28/h5-6,9-11,15H,2-4,7-8,12-13H2,1H3,(H2,25,30)(H,27,28). The summed E-state index contributed by atoms with van der Waals surface area (Å²) in [6.07, 6.45) is 5.85. The minimum absolute atomic E-state index is 0.199. The van der Waals surface area contributed by atoms with Crippen LogP contribution in [0.15, 0.2) is 30.3 Å². The van der Waals surface area contributed by atoms with Crippen LogP contribution in [0.25, 0.3) is 21.7 Å². The maximum Gasteiger partial charge on any atom is 0.341 e. The van der Waals surface area contributed by atoms with Crippen molar-refractivity contribution in [3.05, 3.63) is 41.6 Å². The summed E-state index contributed by atoms with van der Waals surface area (Å²) in [7, 11) is 0. The van der Waals surface area contributed by atoms with Crippen molar-refractivity contribution in [1.82, 2.24) is 4.57 Å². The smallest absolute Gasteiger partial charge is 0.341 e. The van der Waals surface area contributed by atoms with E-state index in [1.165, 1.54) is 19.3 Å². The number of aliphatic carboxylic acids is 1. The number of nitrogens with two attached hydrogens (primary N) is 1. The van der Waals surface area contributed by atoms with Gasteiger partial charge in [-0.1, -0.05) is 43.5 Å². The van der Waals surface area contributed by atoms with E-state index in [4.69, 9.17) is 10.5 Å². The molecule has 2 aromatic carbocycles. The number of rotatable bonds is 7. The van der Waals surface area contributed by atoms with Gasteiger partial charge in [0.1, 0.15) is 5.75 Å². The third-order valence-corrected chi connectivity index (χ3v) is 6.24. The lowest BCUT2D eigenvalue weighted by Crippen LogP contribution is -2.24. The fraction of sp³-hybridized carbons (Fsp3) is 0.375. The summed E-state index contributed by atoms with van der Waals surface area (Å²) in [4.78, 5) is 36.0.